The van der Waals surface area contributed by atoms with Crippen LogP contribution in [0.4, 0.5) is 4.79 Å². The fourth-order valence-electron chi connectivity index (χ4n) is 3.30. The Hall–Kier alpha value is -2.05. The first-order valence-corrected chi connectivity index (χ1v) is 8.84. The van der Waals surface area contributed by atoms with Gasteiger partial charge in [-0.1, -0.05) is 18.2 Å². The van der Waals surface area contributed by atoms with E-state index in [1.165, 1.54) is 0 Å². The van der Waals surface area contributed by atoms with Crippen LogP contribution in [0, 0.1) is 0 Å². The molecule has 3 rings (SSSR count). The van der Waals surface area contributed by atoms with Crippen molar-refractivity contribution in [3.05, 3.63) is 36.1 Å². The number of nitrogens with one attached hydrogen (secondary N) is 1. The third kappa shape index (κ3) is 4.32. The lowest BCUT2D eigenvalue weighted by Crippen LogP contribution is -2.52. The molecule has 136 valence electrons. The molecule has 1 aliphatic rings. The maximum atomic E-state index is 12.4. The molecule has 0 bridgehead atoms. The molecule has 0 aliphatic carbocycles. The van der Waals surface area contributed by atoms with Gasteiger partial charge in [-0.25, -0.2) is 4.79 Å². The van der Waals surface area contributed by atoms with Crippen molar-refractivity contribution in [2.45, 2.75) is 32.5 Å². The van der Waals surface area contributed by atoms with Crippen LogP contribution in [0.5, 0.6) is 0 Å². The molecule has 1 aromatic carbocycles. The number of furan rings is 1. The van der Waals surface area contributed by atoms with Gasteiger partial charge in [-0.2, -0.15) is 0 Å². The molecule has 1 saturated heterocycles. The van der Waals surface area contributed by atoms with Crippen molar-refractivity contribution >= 4 is 17.0 Å². The number of hydrogen-bond acceptors (Lipinski definition) is 4. The molecule has 0 spiro atoms. The molecule has 2 atom stereocenters. The number of rotatable bonds is 5. The van der Waals surface area contributed by atoms with Gasteiger partial charge in [-0.05, 0) is 26.0 Å². The minimum atomic E-state index is -0.0896. The molecule has 1 fully saturated rings. The Bertz CT molecular complexity index is 682. The number of nitrogens with zero attached hydrogens (tertiary/aromatic N) is 2. The summed E-state index contributed by atoms with van der Waals surface area (Å²) in [6.07, 6.45) is 0. The van der Waals surface area contributed by atoms with Gasteiger partial charge in [-0.3, -0.25) is 4.90 Å². The van der Waals surface area contributed by atoms with Crippen molar-refractivity contribution in [1.82, 2.24) is 15.1 Å². The number of carbonyl (C=O) groups excluding carboxylic acids is 1. The summed E-state index contributed by atoms with van der Waals surface area (Å²) in [5.41, 5.74) is 0.848. The lowest BCUT2D eigenvalue weighted by molar-refractivity contribution is -0.0177. The van der Waals surface area contributed by atoms with Gasteiger partial charge in [0.15, 0.2) is 0 Å². The van der Waals surface area contributed by atoms with Crippen molar-refractivity contribution in [3.8, 4) is 0 Å². The molecule has 1 N–H and O–H groups in total. The number of urea groups is 1. The van der Waals surface area contributed by atoms with E-state index in [0.29, 0.717) is 19.1 Å². The van der Waals surface area contributed by atoms with Gasteiger partial charge in [0.2, 0.25) is 0 Å². The summed E-state index contributed by atoms with van der Waals surface area (Å²) in [7, 11) is 1.78. The number of morpholine rings is 1. The standard InChI is InChI=1S/C19H27N3O3/c1-14(22-8-9-24-13-15(22)2)11-20-19(23)21(3)12-17-10-16-6-4-5-7-18(16)25-17/h4-7,10,14-15H,8-9,11-13H2,1-3H3,(H,20,23)/t14-,15+/m0/s1. The zero-order valence-corrected chi connectivity index (χ0v) is 15.2. The van der Waals surface area contributed by atoms with Crippen molar-refractivity contribution < 1.29 is 13.9 Å². The number of hydrogen-bond donors (Lipinski definition) is 1. The molecule has 0 radical (unpaired) electrons. The number of benzene rings is 1. The second-order valence-electron chi connectivity index (χ2n) is 6.80. The number of amides is 2. The Balaban J connectivity index is 1.50. The average molecular weight is 345 g/mol. The highest BCUT2D eigenvalue weighted by Crippen LogP contribution is 2.19. The fraction of sp³-hybridized carbons (Fsp3) is 0.526. The summed E-state index contributed by atoms with van der Waals surface area (Å²) < 4.78 is 11.2. The van der Waals surface area contributed by atoms with Gasteiger partial charge < -0.3 is 19.4 Å². The molecule has 0 unspecified atom stereocenters. The zero-order valence-electron chi connectivity index (χ0n) is 15.2. The highest BCUT2D eigenvalue weighted by molar-refractivity contribution is 5.78. The Morgan fingerprint density at radius 3 is 3.00 bits per heavy atom. The van der Waals surface area contributed by atoms with Crippen molar-refractivity contribution in [1.29, 1.82) is 0 Å². The molecule has 2 amide bonds. The van der Waals surface area contributed by atoms with Gasteiger partial charge in [0.1, 0.15) is 11.3 Å². The van der Waals surface area contributed by atoms with Crippen LogP contribution in [0.25, 0.3) is 11.0 Å². The van der Waals surface area contributed by atoms with E-state index in [4.69, 9.17) is 9.15 Å². The van der Waals surface area contributed by atoms with Crippen LogP contribution in [0.15, 0.2) is 34.7 Å². The van der Waals surface area contributed by atoms with Gasteiger partial charge in [-0.15, -0.1) is 0 Å². The predicted molar refractivity (Wildman–Crippen MR) is 97.5 cm³/mol. The van der Waals surface area contributed by atoms with E-state index in [0.717, 1.165) is 36.5 Å². The molecular weight excluding hydrogens is 318 g/mol. The van der Waals surface area contributed by atoms with Crippen molar-refractivity contribution in [2.75, 3.05) is 33.4 Å². The largest absolute Gasteiger partial charge is 0.459 e. The first-order valence-electron chi connectivity index (χ1n) is 8.84. The second-order valence-corrected chi connectivity index (χ2v) is 6.80. The van der Waals surface area contributed by atoms with E-state index < -0.39 is 0 Å². The van der Waals surface area contributed by atoms with E-state index in [9.17, 15) is 4.79 Å². The van der Waals surface area contributed by atoms with Crippen LogP contribution in [-0.2, 0) is 11.3 Å². The summed E-state index contributed by atoms with van der Waals surface area (Å²) in [6, 6.07) is 10.4. The van der Waals surface area contributed by atoms with Crippen molar-refractivity contribution in [2.24, 2.45) is 0 Å². The smallest absolute Gasteiger partial charge is 0.317 e. The minimum Gasteiger partial charge on any atom is -0.459 e. The van der Waals surface area contributed by atoms with Crippen LogP contribution in [-0.4, -0.2) is 61.3 Å². The van der Waals surface area contributed by atoms with Crippen LogP contribution in [0.1, 0.15) is 19.6 Å². The lowest BCUT2D eigenvalue weighted by atomic mass is 10.2. The molecule has 25 heavy (non-hydrogen) atoms. The number of fused-ring (bicyclic) bond motifs is 1. The number of ether oxygens (including phenoxy) is 1. The van der Waals surface area contributed by atoms with Crippen LogP contribution in [0.2, 0.25) is 0 Å². The van der Waals surface area contributed by atoms with Crippen molar-refractivity contribution in [3.63, 3.8) is 0 Å². The Labute approximate surface area is 148 Å². The molecule has 1 aromatic heterocycles. The SMILES string of the molecule is C[C@@H]1COCCN1[C@@H](C)CNC(=O)N(C)Cc1cc2ccccc2o1. The Kier molecular flexibility index (Phi) is 5.60. The normalized spacial score (nSPS) is 19.7. The fourth-order valence-corrected chi connectivity index (χ4v) is 3.30. The third-order valence-electron chi connectivity index (χ3n) is 4.75. The van der Waals surface area contributed by atoms with Gasteiger partial charge in [0.05, 0.1) is 19.8 Å². The number of para-hydroxylation sites is 1. The van der Waals surface area contributed by atoms with E-state index in [2.05, 4.69) is 24.1 Å². The molecule has 2 aromatic rings. The molecular formula is C19H27N3O3. The third-order valence-corrected chi connectivity index (χ3v) is 4.75. The Morgan fingerprint density at radius 2 is 2.24 bits per heavy atom. The average Bonchev–Trinajstić information content (AvgIpc) is 3.01. The highest BCUT2D eigenvalue weighted by Gasteiger charge is 2.24. The monoisotopic (exact) mass is 345 g/mol. The summed E-state index contributed by atoms with van der Waals surface area (Å²) in [4.78, 5) is 16.4. The van der Waals surface area contributed by atoms with E-state index in [-0.39, 0.29) is 12.1 Å². The molecule has 1 aliphatic heterocycles. The predicted octanol–water partition coefficient (Wildman–Crippen LogP) is 2.68. The number of carbonyl (C=O) groups is 1. The van der Waals surface area contributed by atoms with Crippen LogP contribution in [0.3, 0.4) is 0 Å². The van der Waals surface area contributed by atoms with E-state index in [1.807, 2.05) is 30.3 Å². The van der Waals surface area contributed by atoms with E-state index in [1.54, 1.807) is 11.9 Å². The summed E-state index contributed by atoms with van der Waals surface area (Å²) >= 11 is 0. The van der Waals surface area contributed by atoms with Gasteiger partial charge >= 0.3 is 6.03 Å². The lowest BCUT2D eigenvalue weighted by Gasteiger charge is -2.38. The van der Waals surface area contributed by atoms with E-state index >= 15 is 0 Å². The maximum Gasteiger partial charge on any atom is 0.317 e. The molecule has 0 saturated carbocycles. The molecule has 6 heteroatoms. The summed E-state index contributed by atoms with van der Waals surface area (Å²) in [5, 5.41) is 4.07. The minimum absolute atomic E-state index is 0.0896. The van der Waals surface area contributed by atoms with Crippen LogP contribution >= 0.6 is 0 Å². The van der Waals surface area contributed by atoms with Gasteiger partial charge in [0, 0.05) is 37.6 Å². The van der Waals surface area contributed by atoms with Gasteiger partial charge in [0.25, 0.3) is 0 Å². The topological polar surface area (TPSA) is 58.0 Å². The summed E-state index contributed by atoms with van der Waals surface area (Å²) in [5.74, 6) is 0.786. The Morgan fingerprint density at radius 1 is 1.44 bits per heavy atom. The zero-order chi connectivity index (χ0) is 17.8. The maximum absolute atomic E-state index is 12.4. The van der Waals surface area contributed by atoms with Crippen LogP contribution < -0.4 is 5.32 Å². The molecule has 6 nitrogen and oxygen atoms in total. The first-order chi connectivity index (χ1) is 12.0. The molecule has 2 heterocycles. The quantitative estimate of drug-likeness (QED) is 0.905. The second kappa shape index (κ2) is 7.89. The first kappa shape index (κ1) is 17.8. The highest BCUT2D eigenvalue weighted by atomic mass is 16.5. The summed E-state index contributed by atoms with van der Waals surface area (Å²) in [6.45, 7) is 7.79.